The summed E-state index contributed by atoms with van der Waals surface area (Å²) >= 11 is 0. The molecule has 0 spiro atoms. The lowest BCUT2D eigenvalue weighted by atomic mass is 9.96. The average Bonchev–Trinajstić information content (AvgIpc) is 3.16. The molecule has 1 unspecified atom stereocenters. The van der Waals surface area contributed by atoms with Crippen LogP contribution in [0.25, 0.3) is 11.3 Å². The minimum atomic E-state index is -0.357. The Labute approximate surface area is 143 Å². The number of ether oxygens (including phenoxy) is 1. The zero-order valence-electron chi connectivity index (χ0n) is 13.2. The molecule has 0 aliphatic carbocycles. The highest BCUT2D eigenvalue weighted by molar-refractivity contribution is 5.93. The van der Waals surface area contributed by atoms with Gasteiger partial charge in [0.05, 0.1) is 12.1 Å². The monoisotopic (exact) mass is 338 g/mol. The number of hydrogen-bond acceptors (Lipinski definition) is 4. The van der Waals surface area contributed by atoms with Crippen molar-refractivity contribution in [1.82, 2.24) is 15.4 Å². The summed E-state index contributed by atoms with van der Waals surface area (Å²) in [4.78, 5) is 12.5. The minimum Gasteiger partial charge on any atom is -0.492 e. The minimum absolute atomic E-state index is 0.149. The Balaban J connectivity index is 1.44. The number of hydrogen-bond donors (Lipinski definition) is 2. The van der Waals surface area contributed by atoms with Gasteiger partial charge >= 0.3 is 0 Å². The molecule has 1 atom stereocenters. The smallest absolute Gasteiger partial charge is 0.231 e. The predicted molar refractivity (Wildman–Crippen MR) is 89.5 cm³/mol. The van der Waals surface area contributed by atoms with Crippen LogP contribution in [0.1, 0.15) is 5.56 Å². The normalized spacial score (nSPS) is 16.0. The third-order valence-electron chi connectivity index (χ3n) is 4.16. The molecule has 6 nitrogen and oxygen atoms in total. The molecule has 1 aromatic heterocycles. The first kappa shape index (κ1) is 15.3. The zero-order chi connectivity index (χ0) is 17.2. The SMILES string of the molecule is O=C(Nc1ccc(-c2cn[nH]n2)cc1)C1COc2ccc(F)cc2C1. The van der Waals surface area contributed by atoms with E-state index in [4.69, 9.17) is 4.74 Å². The Morgan fingerprint density at radius 1 is 1.24 bits per heavy atom. The van der Waals surface area contributed by atoms with Crippen LogP contribution in [0.3, 0.4) is 0 Å². The third-order valence-corrected chi connectivity index (χ3v) is 4.16. The summed E-state index contributed by atoms with van der Waals surface area (Å²) in [5.41, 5.74) is 3.03. The van der Waals surface area contributed by atoms with E-state index in [0.29, 0.717) is 23.4 Å². The Kier molecular flexibility index (Phi) is 3.89. The second-order valence-electron chi connectivity index (χ2n) is 5.89. The second-order valence-corrected chi connectivity index (χ2v) is 5.89. The molecule has 126 valence electrons. The summed E-state index contributed by atoms with van der Waals surface area (Å²) in [6.45, 7) is 0.279. The van der Waals surface area contributed by atoms with E-state index in [2.05, 4.69) is 20.7 Å². The molecule has 7 heteroatoms. The number of anilines is 1. The van der Waals surface area contributed by atoms with Crippen LogP contribution in [0.5, 0.6) is 5.75 Å². The number of nitrogens with zero attached hydrogens (tertiary/aromatic N) is 2. The van der Waals surface area contributed by atoms with Gasteiger partial charge in [-0.15, -0.1) is 0 Å². The lowest BCUT2D eigenvalue weighted by Gasteiger charge is -2.24. The van der Waals surface area contributed by atoms with Gasteiger partial charge in [0.15, 0.2) is 0 Å². The molecule has 4 rings (SSSR count). The first-order chi connectivity index (χ1) is 12.2. The molecule has 1 amide bonds. The van der Waals surface area contributed by atoms with E-state index in [1.54, 1.807) is 24.4 Å². The maximum Gasteiger partial charge on any atom is 0.231 e. The van der Waals surface area contributed by atoms with Gasteiger partial charge in [0.2, 0.25) is 5.91 Å². The number of carbonyl (C=O) groups excluding carboxylic acids is 1. The van der Waals surface area contributed by atoms with Gasteiger partial charge < -0.3 is 10.1 Å². The van der Waals surface area contributed by atoms with Crippen molar-refractivity contribution in [1.29, 1.82) is 0 Å². The number of benzene rings is 2. The summed E-state index contributed by atoms with van der Waals surface area (Å²) in [7, 11) is 0. The third kappa shape index (κ3) is 3.21. The van der Waals surface area contributed by atoms with Gasteiger partial charge in [-0.2, -0.15) is 15.4 Å². The first-order valence-electron chi connectivity index (χ1n) is 7.87. The summed E-state index contributed by atoms with van der Waals surface area (Å²) in [6.07, 6.45) is 2.08. The second kappa shape index (κ2) is 6.35. The molecule has 0 saturated heterocycles. The van der Waals surface area contributed by atoms with Crippen LogP contribution in [-0.4, -0.2) is 27.9 Å². The van der Waals surface area contributed by atoms with Crippen LogP contribution in [0.15, 0.2) is 48.7 Å². The average molecular weight is 338 g/mol. The fraction of sp³-hybridized carbons (Fsp3) is 0.167. The van der Waals surface area contributed by atoms with E-state index in [9.17, 15) is 9.18 Å². The number of rotatable bonds is 3. The van der Waals surface area contributed by atoms with E-state index >= 15 is 0 Å². The molecule has 3 aromatic rings. The van der Waals surface area contributed by atoms with Crippen LogP contribution < -0.4 is 10.1 Å². The van der Waals surface area contributed by atoms with E-state index in [1.807, 2.05) is 12.1 Å². The predicted octanol–water partition coefficient (Wildman–Crippen LogP) is 2.80. The van der Waals surface area contributed by atoms with E-state index in [1.165, 1.54) is 12.1 Å². The van der Waals surface area contributed by atoms with Crippen LogP contribution >= 0.6 is 0 Å². The molecule has 2 aromatic carbocycles. The van der Waals surface area contributed by atoms with Crippen LogP contribution in [0.2, 0.25) is 0 Å². The summed E-state index contributed by atoms with van der Waals surface area (Å²) in [5, 5.41) is 13.2. The largest absolute Gasteiger partial charge is 0.492 e. The first-order valence-corrected chi connectivity index (χ1v) is 7.87. The lowest BCUT2D eigenvalue weighted by molar-refractivity contribution is -0.121. The maximum absolute atomic E-state index is 13.4. The van der Waals surface area contributed by atoms with E-state index in [0.717, 1.165) is 11.3 Å². The molecule has 0 saturated carbocycles. The van der Waals surface area contributed by atoms with Gasteiger partial charge in [-0.05, 0) is 42.3 Å². The number of halogens is 1. The highest BCUT2D eigenvalue weighted by Crippen LogP contribution is 2.28. The zero-order valence-corrected chi connectivity index (χ0v) is 13.2. The number of aromatic amines is 1. The van der Waals surface area contributed by atoms with Crippen LogP contribution in [-0.2, 0) is 11.2 Å². The molecule has 0 radical (unpaired) electrons. The maximum atomic E-state index is 13.4. The number of amides is 1. The van der Waals surface area contributed by atoms with Gasteiger partial charge in [0.1, 0.15) is 23.9 Å². The number of H-pyrrole nitrogens is 1. The number of aromatic nitrogens is 3. The number of fused-ring (bicyclic) bond motifs is 1. The molecule has 0 fully saturated rings. The molecule has 1 aliphatic heterocycles. The van der Waals surface area contributed by atoms with Crippen molar-refractivity contribution in [3.05, 3.63) is 60.0 Å². The van der Waals surface area contributed by atoms with Crippen molar-refractivity contribution in [3.8, 4) is 17.0 Å². The van der Waals surface area contributed by atoms with Crippen molar-refractivity contribution >= 4 is 11.6 Å². The summed E-state index contributed by atoms with van der Waals surface area (Å²) < 4.78 is 18.9. The Morgan fingerprint density at radius 2 is 2.08 bits per heavy atom. The summed E-state index contributed by atoms with van der Waals surface area (Å²) in [6, 6.07) is 11.7. The molecular formula is C18H15FN4O2. The summed E-state index contributed by atoms with van der Waals surface area (Å²) in [5.74, 6) is -0.192. The molecule has 0 bridgehead atoms. The van der Waals surface area contributed by atoms with Crippen molar-refractivity contribution in [3.63, 3.8) is 0 Å². The molecule has 2 N–H and O–H groups in total. The highest BCUT2D eigenvalue weighted by atomic mass is 19.1. The number of nitrogens with one attached hydrogen (secondary N) is 2. The van der Waals surface area contributed by atoms with Gasteiger partial charge in [0, 0.05) is 11.3 Å². The van der Waals surface area contributed by atoms with E-state index in [-0.39, 0.29) is 24.2 Å². The fourth-order valence-corrected chi connectivity index (χ4v) is 2.84. The fourth-order valence-electron chi connectivity index (χ4n) is 2.84. The van der Waals surface area contributed by atoms with Gasteiger partial charge in [-0.3, -0.25) is 4.79 Å². The van der Waals surface area contributed by atoms with Crippen molar-refractivity contribution in [2.24, 2.45) is 5.92 Å². The van der Waals surface area contributed by atoms with Gasteiger partial charge in [-0.25, -0.2) is 4.39 Å². The van der Waals surface area contributed by atoms with Crippen LogP contribution in [0, 0.1) is 11.7 Å². The molecule has 25 heavy (non-hydrogen) atoms. The highest BCUT2D eigenvalue weighted by Gasteiger charge is 2.26. The lowest BCUT2D eigenvalue weighted by Crippen LogP contribution is -2.32. The van der Waals surface area contributed by atoms with Crippen molar-refractivity contribution in [2.45, 2.75) is 6.42 Å². The van der Waals surface area contributed by atoms with Gasteiger partial charge in [0.25, 0.3) is 0 Å². The quantitative estimate of drug-likeness (QED) is 0.769. The van der Waals surface area contributed by atoms with Crippen molar-refractivity contribution in [2.75, 3.05) is 11.9 Å². The van der Waals surface area contributed by atoms with E-state index < -0.39 is 0 Å². The van der Waals surface area contributed by atoms with Crippen LogP contribution in [0.4, 0.5) is 10.1 Å². The number of carbonyl (C=O) groups is 1. The Hall–Kier alpha value is -3.22. The molecule has 1 aliphatic rings. The Bertz CT molecular complexity index is 894. The molecular weight excluding hydrogens is 323 g/mol. The molecule has 2 heterocycles. The van der Waals surface area contributed by atoms with Gasteiger partial charge in [-0.1, -0.05) is 12.1 Å². The Morgan fingerprint density at radius 3 is 2.84 bits per heavy atom. The van der Waals surface area contributed by atoms with Crippen molar-refractivity contribution < 1.29 is 13.9 Å². The topological polar surface area (TPSA) is 79.9 Å². The standard InChI is InChI=1S/C18H15FN4O2/c19-14-3-6-17-12(8-14)7-13(10-25-17)18(24)21-15-4-1-11(2-5-15)16-9-20-23-22-16/h1-6,8-9,13H,7,10H2,(H,21,24)(H,20,22,23).